The number of nitrogens with zero attached hydrogens (tertiary/aromatic N) is 2. The number of benzene rings is 2. The number of carbonyl (C=O) groups is 2. The van der Waals surface area contributed by atoms with E-state index in [1.807, 2.05) is 60.7 Å². The summed E-state index contributed by atoms with van der Waals surface area (Å²) in [4.78, 5) is 24.3. The van der Waals surface area contributed by atoms with Crippen molar-refractivity contribution in [2.45, 2.75) is 12.5 Å². The molecule has 0 aliphatic carbocycles. The van der Waals surface area contributed by atoms with Crippen LogP contribution in [0, 0.1) is 0 Å². The Kier molecular flexibility index (Phi) is 6.43. The highest BCUT2D eigenvalue weighted by Crippen LogP contribution is 2.30. The lowest BCUT2D eigenvalue weighted by Gasteiger charge is -2.10. The smallest absolute Gasteiger partial charge is 0.331 e. The Morgan fingerprint density at radius 2 is 1.92 bits per heavy atom. The van der Waals surface area contributed by atoms with E-state index in [-0.39, 0.29) is 11.5 Å². The van der Waals surface area contributed by atoms with Gasteiger partial charge in [0.25, 0.3) is 5.91 Å². The van der Waals surface area contributed by atoms with Gasteiger partial charge in [0.2, 0.25) is 0 Å². The first kappa shape index (κ1) is 23.6. The first-order valence-electron chi connectivity index (χ1n) is 11.3. The van der Waals surface area contributed by atoms with E-state index in [0.29, 0.717) is 23.4 Å². The van der Waals surface area contributed by atoms with Crippen molar-refractivity contribution < 1.29 is 27.2 Å². The van der Waals surface area contributed by atoms with Crippen molar-refractivity contribution in [1.29, 1.82) is 0 Å². The molecule has 0 unspecified atom stereocenters. The van der Waals surface area contributed by atoms with Crippen LogP contribution in [0.25, 0.3) is 34.2 Å². The summed E-state index contributed by atoms with van der Waals surface area (Å²) in [5.41, 5.74) is 2.72. The molecule has 0 radical (unpaired) electrons. The maximum Gasteiger partial charge on any atom is 0.331 e. The van der Waals surface area contributed by atoms with Gasteiger partial charge in [-0.15, -0.1) is 0 Å². The second kappa shape index (κ2) is 9.82. The molecule has 5 rings (SSSR count). The van der Waals surface area contributed by atoms with Gasteiger partial charge in [0.15, 0.2) is 22.2 Å². The number of ether oxygens (including phenoxy) is 1. The summed E-state index contributed by atoms with van der Waals surface area (Å²) >= 11 is 0. The van der Waals surface area contributed by atoms with Crippen LogP contribution >= 0.6 is 0 Å². The summed E-state index contributed by atoms with van der Waals surface area (Å²) in [5, 5.41) is 8.18. The number of para-hydroxylation sites is 2. The second-order valence-corrected chi connectivity index (χ2v) is 10.7. The highest BCUT2D eigenvalue weighted by Gasteiger charge is 2.29. The van der Waals surface area contributed by atoms with Crippen molar-refractivity contribution >= 4 is 38.8 Å². The molecule has 1 saturated heterocycles. The van der Waals surface area contributed by atoms with Crippen molar-refractivity contribution in [2.24, 2.45) is 0 Å². The molecule has 9 nitrogen and oxygen atoms in total. The summed E-state index contributed by atoms with van der Waals surface area (Å²) in [6.07, 6.45) is 4.90. The number of hydrogen-bond acceptors (Lipinski definition) is 7. The van der Waals surface area contributed by atoms with E-state index in [1.165, 1.54) is 6.08 Å². The average Bonchev–Trinajstić information content (AvgIpc) is 3.58. The van der Waals surface area contributed by atoms with Gasteiger partial charge in [0.05, 0.1) is 17.2 Å². The van der Waals surface area contributed by atoms with Crippen LogP contribution in [0.2, 0.25) is 0 Å². The van der Waals surface area contributed by atoms with Crippen molar-refractivity contribution in [3.8, 4) is 17.1 Å². The van der Waals surface area contributed by atoms with Crippen molar-refractivity contribution in [3.63, 3.8) is 0 Å². The molecule has 0 saturated carbocycles. The van der Waals surface area contributed by atoms with Gasteiger partial charge in [0.1, 0.15) is 11.3 Å². The number of amides is 1. The zero-order chi connectivity index (χ0) is 25.1. The molecule has 184 valence electrons. The monoisotopic (exact) mass is 505 g/mol. The maximum absolute atomic E-state index is 12.3. The Morgan fingerprint density at radius 3 is 2.67 bits per heavy atom. The topological polar surface area (TPSA) is 120 Å². The molecule has 1 aliphatic rings. The van der Waals surface area contributed by atoms with Crippen LogP contribution in [-0.2, 0) is 24.2 Å². The Labute approximate surface area is 207 Å². The largest absolute Gasteiger partial charge is 0.454 e. The van der Waals surface area contributed by atoms with Gasteiger partial charge < -0.3 is 14.5 Å². The van der Waals surface area contributed by atoms with Gasteiger partial charge >= 0.3 is 5.97 Å². The van der Waals surface area contributed by atoms with E-state index in [2.05, 4.69) is 10.4 Å². The number of nitrogens with one attached hydrogen (secondary N) is 1. The Bertz CT molecular complexity index is 1520. The minimum atomic E-state index is -3.11. The lowest BCUT2D eigenvalue weighted by atomic mass is 10.2. The first-order chi connectivity index (χ1) is 17.4. The van der Waals surface area contributed by atoms with E-state index in [0.717, 1.165) is 16.7 Å². The average molecular weight is 506 g/mol. The number of sulfone groups is 1. The molecule has 1 N–H and O–H groups in total. The number of furan rings is 1. The van der Waals surface area contributed by atoms with Crippen LogP contribution < -0.4 is 5.32 Å². The van der Waals surface area contributed by atoms with Gasteiger partial charge in [-0.1, -0.05) is 36.4 Å². The first-order valence-corrected chi connectivity index (χ1v) is 13.2. The molecule has 1 atom stereocenters. The number of rotatable bonds is 7. The predicted molar refractivity (Wildman–Crippen MR) is 134 cm³/mol. The summed E-state index contributed by atoms with van der Waals surface area (Å²) in [5.74, 6) is -0.761. The molecule has 3 heterocycles. The Morgan fingerprint density at radius 1 is 1.14 bits per heavy atom. The third-order valence-electron chi connectivity index (χ3n) is 5.76. The van der Waals surface area contributed by atoms with Crippen LogP contribution in [0.15, 0.2) is 77.4 Å². The van der Waals surface area contributed by atoms with Gasteiger partial charge in [-0.05, 0) is 36.8 Å². The van der Waals surface area contributed by atoms with E-state index in [4.69, 9.17) is 9.15 Å². The van der Waals surface area contributed by atoms with Gasteiger partial charge in [-0.2, -0.15) is 5.10 Å². The molecule has 36 heavy (non-hydrogen) atoms. The molecule has 10 heteroatoms. The van der Waals surface area contributed by atoms with E-state index in [9.17, 15) is 18.0 Å². The van der Waals surface area contributed by atoms with Crippen molar-refractivity contribution in [2.75, 3.05) is 18.1 Å². The van der Waals surface area contributed by atoms with Gasteiger partial charge in [-0.25, -0.2) is 17.9 Å². The number of fused-ring (bicyclic) bond motifs is 1. The van der Waals surface area contributed by atoms with Crippen LogP contribution in [0.3, 0.4) is 0 Å². The fraction of sp³-hybridized carbons (Fsp3) is 0.192. The Balaban J connectivity index is 1.31. The fourth-order valence-electron chi connectivity index (χ4n) is 4.03. The quantitative estimate of drug-likeness (QED) is 0.303. The standard InChI is InChI=1S/C26H23N3O6S/c30-24(27-20-12-13-36(32,33)17-20)16-34-25(31)11-10-19-15-29(21-7-2-1-3-8-21)28-26(19)23-14-18-6-4-5-9-22(18)35-23/h1-11,14-15,20H,12-13,16-17H2,(H,27,30)/b11-10+/t20-/m0/s1. The molecule has 1 aliphatic heterocycles. The lowest BCUT2D eigenvalue weighted by molar-refractivity contribution is -0.143. The number of hydrogen-bond donors (Lipinski definition) is 1. The normalized spacial score (nSPS) is 16.9. The van der Waals surface area contributed by atoms with Gasteiger partial charge in [0, 0.05) is 29.3 Å². The SMILES string of the molecule is O=C(COC(=O)/C=C/c1cn(-c2ccccc2)nc1-c1cc2ccccc2o1)N[C@H]1CCS(=O)(=O)C1. The number of aromatic nitrogens is 2. The molecule has 1 fully saturated rings. The van der Waals surface area contributed by atoms with Gasteiger partial charge in [-0.3, -0.25) is 4.79 Å². The molecule has 2 aromatic carbocycles. The fourth-order valence-corrected chi connectivity index (χ4v) is 5.71. The zero-order valence-corrected chi connectivity index (χ0v) is 20.0. The van der Waals surface area contributed by atoms with Crippen molar-refractivity contribution in [3.05, 3.63) is 78.5 Å². The number of carbonyl (C=O) groups excluding carboxylic acids is 2. The molecule has 4 aromatic rings. The minimum absolute atomic E-state index is 0.0463. The summed E-state index contributed by atoms with van der Waals surface area (Å²) in [7, 11) is -3.11. The van der Waals surface area contributed by atoms with Crippen LogP contribution in [0.5, 0.6) is 0 Å². The summed E-state index contributed by atoms with van der Waals surface area (Å²) in [6, 6.07) is 18.6. The zero-order valence-electron chi connectivity index (χ0n) is 19.2. The highest BCUT2D eigenvalue weighted by molar-refractivity contribution is 7.91. The maximum atomic E-state index is 12.3. The van der Waals surface area contributed by atoms with E-state index < -0.39 is 34.4 Å². The number of esters is 1. The molecular formula is C26H23N3O6S. The van der Waals surface area contributed by atoms with Crippen molar-refractivity contribution in [1.82, 2.24) is 15.1 Å². The minimum Gasteiger partial charge on any atom is -0.454 e. The second-order valence-electron chi connectivity index (χ2n) is 8.47. The molecule has 2 aromatic heterocycles. The van der Waals surface area contributed by atoms with Crippen LogP contribution in [0.4, 0.5) is 0 Å². The van der Waals surface area contributed by atoms with Crippen LogP contribution in [0.1, 0.15) is 12.0 Å². The van der Waals surface area contributed by atoms with E-state index >= 15 is 0 Å². The highest BCUT2D eigenvalue weighted by atomic mass is 32.2. The van der Waals surface area contributed by atoms with Crippen LogP contribution in [-0.4, -0.2) is 54.2 Å². The molecule has 1 amide bonds. The Hall–Kier alpha value is -4.18. The summed E-state index contributed by atoms with van der Waals surface area (Å²) in [6.45, 7) is -0.501. The molecular weight excluding hydrogens is 482 g/mol. The molecule has 0 bridgehead atoms. The third-order valence-corrected chi connectivity index (χ3v) is 7.53. The predicted octanol–water partition coefficient (Wildman–Crippen LogP) is 3.15. The lowest BCUT2D eigenvalue weighted by Crippen LogP contribution is -2.38. The summed E-state index contributed by atoms with van der Waals surface area (Å²) < 4.78 is 35.8. The van der Waals surface area contributed by atoms with E-state index in [1.54, 1.807) is 17.0 Å². The third kappa shape index (κ3) is 5.38. The molecule has 0 spiro atoms.